The maximum atomic E-state index is 11.8. The Morgan fingerprint density at radius 2 is 1.74 bits per heavy atom. The Labute approximate surface area is 172 Å². The van der Waals surface area contributed by atoms with Crippen LogP contribution in [-0.2, 0) is 31.6 Å². The summed E-state index contributed by atoms with van der Waals surface area (Å²) in [5.41, 5.74) is 5.99. The second kappa shape index (κ2) is 8.57. The van der Waals surface area contributed by atoms with Crippen molar-refractivity contribution in [2.24, 2.45) is 0 Å². The number of aliphatic hydroxyl groups is 2. The molecule has 0 aromatic carbocycles. The average Bonchev–Trinajstić information content (AvgIpc) is 3.13. The van der Waals surface area contributed by atoms with Crippen molar-refractivity contribution in [1.82, 2.24) is 14.5 Å². The van der Waals surface area contributed by atoms with Crippen molar-refractivity contribution in [3.05, 3.63) is 18.6 Å². The molecule has 0 amide bonds. The van der Waals surface area contributed by atoms with E-state index in [1.807, 2.05) is 0 Å². The molecule has 0 radical (unpaired) electrons. The number of nitrogens with zero attached hydrogens (tertiary/aromatic N) is 3. The van der Waals surface area contributed by atoms with Gasteiger partial charge >= 0.3 is 23.5 Å². The Kier molecular flexibility index (Phi) is 6.73. The lowest BCUT2D eigenvalue weighted by Crippen LogP contribution is -2.33. The second-order valence-electron chi connectivity index (χ2n) is 6.15. The van der Waals surface area contributed by atoms with Crippen molar-refractivity contribution >= 4 is 40.3 Å². The molecule has 1 saturated heterocycles. The minimum Gasteiger partial charge on any atom is -0.387 e. The minimum atomic E-state index is -5.69. The number of rotatable bonds is 8. The molecular formula is C11H17N4O13P3. The van der Waals surface area contributed by atoms with Crippen LogP contribution < -0.4 is 5.73 Å². The van der Waals surface area contributed by atoms with Crippen LogP contribution in [0.15, 0.2) is 18.6 Å². The van der Waals surface area contributed by atoms with Crippen molar-refractivity contribution in [3.63, 3.8) is 0 Å². The number of anilines is 1. The molecule has 2 unspecified atom stereocenters. The molecular weight excluding hydrogens is 489 g/mol. The molecule has 3 rings (SSSR count). The standard InChI is InChI=1S/C11H17N4O13P3/c12-9-5-1-2-15(10(5)14-4-13-9)11-8(17)7(16)6(26-11)3-25-30(21,22)28-31(23,24)27-29(18,19)20/h1-2,4,6-8,11,16-17H,3H2,(H,21,22)(H,23,24)(H2,12,13,14)(H2,18,19,20)/t6-,7-,8-,11-/m1/s1. The Bertz CT molecular complexity index is 1100. The Morgan fingerprint density at radius 1 is 1.06 bits per heavy atom. The van der Waals surface area contributed by atoms with Crippen LogP contribution in [-0.4, -0.2) is 69.2 Å². The monoisotopic (exact) mass is 506 g/mol. The summed E-state index contributed by atoms with van der Waals surface area (Å²) in [7, 11) is -16.7. The molecule has 0 saturated carbocycles. The first-order valence-electron chi connectivity index (χ1n) is 8.06. The third-order valence-electron chi connectivity index (χ3n) is 3.97. The minimum absolute atomic E-state index is 0.154. The fourth-order valence-corrected chi connectivity index (χ4v) is 5.79. The van der Waals surface area contributed by atoms with Crippen LogP contribution in [0.5, 0.6) is 0 Å². The van der Waals surface area contributed by atoms with Gasteiger partial charge in [-0.1, -0.05) is 0 Å². The number of hydrogen-bond donors (Lipinski definition) is 7. The van der Waals surface area contributed by atoms with Gasteiger partial charge in [0.2, 0.25) is 0 Å². The molecule has 1 aliphatic rings. The van der Waals surface area contributed by atoms with Crippen LogP contribution >= 0.6 is 23.5 Å². The molecule has 174 valence electrons. The van der Waals surface area contributed by atoms with E-state index in [1.54, 1.807) is 0 Å². The molecule has 0 aliphatic carbocycles. The molecule has 6 atom stereocenters. The van der Waals surface area contributed by atoms with Gasteiger partial charge in [0.15, 0.2) is 6.23 Å². The lowest BCUT2D eigenvalue weighted by atomic mass is 10.1. The quantitative estimate of drug-likeness (QED) is 0.211. The van der Waals surface area contributed by atoms with Crippen molar-refractivity contribution in [1.29, 1.82) is 0 Å². The van der Waals surface area contributed by atoms with Gasteiger partial charge in [-0.05, 0) is 6.07 Å². The lowest BCUT2D eigenvalue weighted by Gasteiger charge is -2.19. The maximum absolute atomic E-state index is 11.8. The van der Waals surface area contributed by atoms with Crippen LogP contribution in [0.1, 0.15) is 6.23 Å². The Balaban J connectivity index is 1.69. The number of nitrogens with two attached hydrogens (primary N) is 1. The number of fused-ring (bicyclic) bond motifs is 1. The number of ether oxygens (including phenoxy) is 1. The van der Waals surface area contributed by atoms with Gasteiger partial charge in [-0.15, -0.1) is 0 Å². The number of aromatic nitrogens is 3. The van der Waals surface area contributed by atoms with Crippen LogP contribution in [0, 0.1) is 0 Å². The summed E-state index contributed by atoms with van der Waals surface area (Å²) in [6.45, 7) is -0.936. The molecule has 20 heteroatoms. The van der Waals surface area contributed by atoms with Gasteiger partial charge in [0.05, 0.1) is 12.0 Å². The smallest absolute Gasteiger partial charge is 0.387 e. The first-order chi connectivity index (χ1) is 14.2. The van der Waals surface area contributed by atoms with Gasteiger partial charge < -0.3 is 44.8 Å². The normalized spacial score (nSPS) is 28.5. The lowest BCUT2D eigenvalue weighted by molar-refractivity contribution is -0.0500. The molecule has 2 aromatic heterocycles. The molecule has 2 aromatic rings. The topological polar surface area (TPSA) is 266 Å². The van der Waals surface area contributed by atoms with Gasteiger partial charge in [0.1, 0.15) is 36.1 Å². The SMILES string of the molecule is Nc1ncnc2c1ccn2[C@@H]1O[C@H](COP(=O)(O)OP(=O)(O)OP(=O)(O)O)[C@@H](O)[C@H]1O. The zero-order valence-electron chi connectivity index (χ0n) is 15.1. The van der Waals surface area contributed by atoms with Crippen molar-refractivity contribution in [3.8, 4) is 0 Å². The summed E-state index contributed by atoms with van der Waals surface area (Å²) in [6, 6.07) is 1.53. The van der Waals surface area contributed by atoms with Crippen molar-refractivity contribution < 1.29 is 61.4 Å². The van der Waals surface area contributed by atoms with E-state index in [0.717, 1.165) is 0 Å². The third kappa shape index (κ3) is 5.74. The summed E-state index contributed by atoms with van der Waals surface area (Å²) < 4.78 is 52.1. The first-order valence-corrected chi connectivity index (χ1v) is 12.6. The van der Waals surface area contributed by atoms with Crippen LogP contribution in [0.4, 0.5) is 5.82 Å². The molecule has 0 bridgehead atoms. The van der Waals surface area contributed by atoms with E-state index in [9.17, 15) is 28.8 Å². The summed E-state index contributed by atoms with van der Waals surface area (Å²) in [4.78, 5) is 43.4. The van der Waals surface area contributed by atoms with Crippen molar-refractivity contribution in [2.75, 3.05) is 12.3 Å². The Morgan fingerprint density at radius 3 is 2.39 bits per heavy atom. The largest absolute Gasteiger partial charge is 0.490 e. The predicted octanol–water partition coefficient (Wildman–Crippen LogP) is -1.02. The number of nitrogen functional groups attached to an aromatic ring is 1. The van der Waals surface area contributed by atoms with Crippen molar-refractivity contribution in [2.45, 2.75) is 24.5 Å². The third-order valence-corrected chi connectivity index (χ3v) is 7.77. The van der Waals surface area contributed by atoms with Gasteiger partial charge in [-0.25, -0.2) is 23.7 Å². The van der Waals surface area contributed by atoms with E-state index < -0.39 is 54.6 Å². The van der Waals surface area contributed by atoms with E-state index in [-0.39, 0.29) is 11.5 Å². The second-order valence-corrected chi connectivity index (χ2v) is 10.6. The fraction of sp³-hybridized carbons (Fsp3) is 0.455. The number of phosphoric acid groups is 3. The molecule has 3 heterocycles. The van der Waals surface area contributed by atoms with E-state index in [2.05, 4.69) is 23.1 Å². The van der Waals surface area contributed by atoms with Gasteiger partial charge in [-0.2, -0.15) is 8.62 Å². The van der Waals surface area contributed by atoms with E-state index in [4.69, 9.17) is 25.2 Å². The highest BCUT2D eigenvalue weighted by molar-refractivity contribution is 7.66. The highest BCUT2D eigenvalue weighted by atomic mass is 31.3. The summed E-state index contributed by atoms with van der Waals surface area (Å²) in [6.07, 6.45) is -3.24. The zero-order chi connectivity index (χ0) is 23.2. The van der Waals surface area contributed by atoms with Crippen LogP contribution in [0.2, 0.25) is 0 Å². The number of hydrogen-bond acceptors (Lipinski definition) is 12. The van der Waals surface area contributed by atoms with E-state index in [1.165, 1.54) is 23.2 Å². The number of aliphatic hydroxyl groups excluding tert-OH is 2. The predicted molar refractivity (Wildman–Crippen MR) is 97.7 cm³/mol. The van der Waals surface area contributed by atoms with Gasteiger partial charge in [0.25, 0.3) is 0 Å². The van der Waals surface area contributed by atoms with E-state index in [0.29, 0.717) is 5.39 Å². The van der Waals surface area contributed by atoms with Crippen LogP contribution in [0.25, 0.3) is 11.0 Å². The fourth-order valence-electron chi connectivity index (χ4n) is 2.76. The highest BCUT2D eigenvalue weighted by Gasteiger charge is 2.46. The number of phosphoric ester groups is 1. The maximum Gasteiger partial charge on any atom is 0.490 e. The van der Waals surface area contributed by atoms with Crippen LogP contribution in [0.3, 0.4) is 0 Å². The summed E-state index contributed by atoms with van der Waals surface area (Å²) in [5.74, 6) is 0.154. The summed E-state index contributed by atoms with van der Waals surface area (Å²) in [5, 5.41) is 20.9. The molecule has 8 N–H and O–H groups in total. The highest BCUT2D eigenvalue weighted by Crippen LogP contribution is 2.66. The van der Waals surface area contributed by atoms with Gasteiger partial charge in [0, 0.05) is 6.20 Å². The molecule has 1 fully saturated rings. The average molecular weight is 506 g/mol. The zero-order valence-corrected chi connectivity index (χ0v) is 17.7. The van der Waals surface area contributed by atoms with Gasteiger partial charge in [-0.3, -0.25) is 4.52 Å². The van der Waals surface area contributed by atoms with E-state index >= 15 is 0 Å². The molecule has 31 heavy (non-hydrogen) atoms. The first kappa shape index (κ1) is 24.4. The molecule has 1 aliphatic heterocycles. The summed E-state index contributed by atoms with van der Waals surface area (Å²) >= 11 is 0. The molecule has 17 nitrogen and oxygen atoms in total. The molecule has 0 spiro atoms. The Hall–Kier alpha value is -1.29.